The normalized spacial score (nSPS) is 19.8. The lowest BCUT2D eigenvalue weighted by Gasteiger charge is -2.20. The molecule has 0 bridgehead atoms. The van der Waals surface area contributed by atoms with E-state index < -0.39 is 0 Å². The van der Waals surface area contributed by atoms with Crippen LogP contribution in [-0.4, -0.2) is 53.1 Å². The summed E-state index contributed by atoms with van der Waals surface area (Å²) >= 11 is 0. The highest BCUT2D eigenvalue weighted by Crippen LogP contribution is 2.42. The van der Waals surface area contributed by atoms with E-state index in [2.05, 4.69) is 215 Å². The van der Waals surface area contributed by atoms with E-state index in [0.717, 1.165) is 68.5 Å². The highest BCUT2D eigenvalue weighted by molar-refractivity contribution is 14.0. The summed E-state index contributed by atoms with van der Waals surface area (Å²) in [5, 5.41) is 13.1. The maximum atomic E-state index is 6.03. The molecule has 4 atom stereocenters. The first kappa shape index (κ1) is 64.7. The number of halogens is 4. The summed E-state index contributed by atoms with van der Waals surface area (Å²) in [6, 6.07) is 65.7. The van der Waals surface area contributed by atoms with Crippen LogP contribution in [0.2, 0.25) is 0 Å². The van der Waals surface area contributed by atoms with Crippen molar-refractivity contribution in [2.24, 2.45) is 0 Å². The molecule has 0 saturated carbocycles. The molecule has 0 aliphatic carbocycles. The summed E-state index contributed by atoms with van der Waals surface area (Å²) < 4.78 is 24.1. The van der Waals surface area contributed by atoms with Crippen LogP contribution in [0.5, 0.6) is 23.0 Å². The maximum absolute atomic E-state index is 6.03. The van der Waals surface area contributed by atoms with Crippen LogP contribution in [0.3, 0.4) is 0 Å². The van der Waals surface area contributed by atoms with Crippen LogP contribution in [0.25, 0.3) is 22.3 Å². The first-order valence-corrected chi connectivity index (χ1v) is 28.2. The van der Waals surface area contributed by atoms with Gasteiger partial charge in [0.25, 0.3) is 0 Å². The van der Waals surface area contributed by atoms with Crippen molar-refractivity contribution in [2.45, 2.75) is 24.9 Å². The van der Waals surface area contributed by atoms with E-state index >= 15 is 0 Å². The molecular formula is C72H68I4N8O4. The number of benzene rings is 8. The topological polar surface area (TPSA) is 98.0 Å². The fourth-order valence-corrected chi connectivity index (χ4v) is 11.2. The summed E-state index contributed by atoms with van der Waals surface area (Å²) in [5.74, 6) is 3.75. The summed E-state index contributed by atoms with van der Waals surface area (Å²) in [7, 11) is 8.24. The van der Waals surface area contributed by atoms with Crippen molar-refractivity contribution >= 4 is 164 Å². The van der Waals surface area contributed by atoms with Crippen molar-refractivity contribution in [2.75, 3.05) is 69.1 Å². The van der Waals surface area contributed by atoms with Crippen LogP contribution in [0.1, 0.15) is 22.3 Å². The third-order valence-corrected chi connectivity index (χ3v) is 15.7. The molecule has 16 rings (SSSR count). The van der Waals surface area contributed by atoms with Crippen LogP contribution >= 0.6 is 95.9 Å². The van der Waals surface area contributed by atoms with Crippen LogP contribution < -0.4 is 59.8 Å². The van der Waals surface area contributed by atoms with Gasteiger partial charge >= 0.3 is 0 Å². The molecule has 8 aromatic carbocycles. The number of anilines is 8. The average molecular weight is 1620 g/mol. The van der Waals surface area contributed by atoms with Crippen LogP contribution in [0.4, 0.5) is 45.5 Å². The Hall–Kier alpha value is -7.80. The van der Waals surface area contributed by atoms with Gasteiger partial charge in [-0.05, 0) is 144 Å². The van der Waals surface area contributed by atoms with Gasteiger partial charge in [-0.1, -0.05) is 121 Å². The zero-order chi connectivity index (χ0) is 56.9. The van der Waals surface area contributed by atoms with E-state index in [1.54, 1.807) is 0 Å². The lowest BCUT2D eigenvalue weighted by Crippen LogP contribution is -2.29. The number of ether oxygens (including phenoxy) is 4. The smallest absolute Gasteiger partial charge is 0.192 e. The van der Waals surface area contributed by atoms with Crippen molar-refractivity contribution in [3.63, 3.8) is 0 Å². The van der Waals surface area contributed by atoms with Crippen molar-refractivity contribution in [3.05, 3.63) is 290 Å². The Balaban J connectivity index is 0.000000138. The monoisotopic (exact) mass is 1620 g/mol. The van der Waals surface area contributed by atoms with Crippen molar-refractivity contribution in [1.29, 1.82) is 0 Å². The average Bonchev–Trinajstić information content (AvgIpc) is 3.40. The van der Waals surface area contributed by atoms with Gasteiger partial charge in [0.2, 0.25) is 0 Å². The number of fused-ring (bicyclic) bond motifs is 8. The Morgan fingerprint density at radius 3 is 0.682 bits per heavy atom. The Morgan fingerprint density at radius 2 is 0.466 bits per heavy atom. The first-order chi connectivity index (χ1) is 41.3. The highest BCUT2D eigenvalue weighted by atomic mass is 127. The quantitative estimate of drug-likeness (QED) is 0.126. The number of hydrogen-bond donors (Lipinski definition) is 4. The molecule has 0 spiro atoms. The molecule has 8 aliphatic heterocycles. The molecule has 4 N–H and O–H groups in total. The van der Waals surface area contributed by atoms with Gasteiger partial charge in [0.15, 0.2) is 24.9 Å². The van der Waals surface area contributed by atoms with Crippen molar-refractivity contribution in [3.8, 4) is 23.0 Å². The standard InChI is InChI=1S/4C18H16N2O.4HI/c4*1-20-16-8-4-5-9-17(16)21-18(20)12-13-10-11-19-15-7-3-2-6-14(13)15;;;;/h4*2-12,18-19H,1H3;4*1H. The first-order valence-electron chi connectivity index (χ1n) is 28.2. The molecule has 12 nitrogen and oxygen atoms in total. The van der Waals surface area contributed by atoms with E-state index in [1.807, 2.05) is 122 Å². The summed E-state index contributed by atoms with van der Waals surface area (Å²) in [6.07, 6.45) is 24.6. The van der Waals surface area contributed by atoms with E-state index in [-0.39, 0.29) is 121 Å². The second-order valence-electron chi connectivity index (χ2n) is 20.9. The molecule has 0 aromatic heterocycles. The zero-order valence-corrected chi connectivity index (χ0v) is 58.1. The van der Waals surface area contributed by atoms with E-state index in [1.165, 1.54) is 44.5 Å². The van der Waals surface area contributed by atoms with Gasteiger partial charge in [0.1, 0.15) is 23.0 Å². The number of nitrogens with zero attached hydrogens (tertiary/aromatic N) is 4. The van der Waals surface area contributed by atoms with Gasteiger partial charge in [-0.15, -0.1) is 95.9 Å². The number of allylic oxidation sites excluding steroid dienone is 8. The van der Waals surface area contributed by atoms with Crippen LogP contribution in [0, 0.1) is 0 Å². The molecule has 4 unspecified atom stereocenters. The molecule has 8 aromatic rings. The number of nitrogens with one attached hydrogen (secondary N) is 4. The Labute approximate surface area is 583 Å². The molecule has 8 heterocycles. The minimum atomic E-state index is -0.0757. The van der Waals surface area contributed by atoms with Gasteiger partial charge in [-0.3, -0.25) is 0 Å². The van der Waals surface area contributed by atoms with Gasteiger partial charge in [0, 0.05) is 98.0 Å². The SMILES string of the molecule is CN1c2ccccc2OC1C=C1C=CNc2ccccc21.CN1c2ccccc2OC1C=C1C=CNc2ccccc21.CN1c2ccccc2OC1C=C1C=CNc2ccccc21.CN1c2ccccc2OC1C=C1C=CNc2ccccc21.I.I.I.I. The second-order valence-corrected chi connectivity index (χ2v) is 20.9. The molecule has 8 aliphatic rings. The fourth-order valence-electron chi connectivity index (χ4n) is 11.2. The Bertz CT molecular complexity index is 3530. The molecular weight excluding hydrogens is 1550 g/mol. The van der Waals surface area contributed by atoms with Crippen LogP contribution in [0.15, 0.2) is 268 Å². The summed E-state index contributed by atoms with van der Waals surface area (Å²) in [5.41, 5.74) is 18.5. The van der Waals surface area contributed by atoms with Gasteiger partial charge in [-0.2, -0.15) is 0 Å². The van der Waals surface area contributed by atoms with Gasteiger partial charge in [0.05, 0.1) is 22.7 Å². The minimum Gasteiger partial charge on any atom is -0.465 e. The van der Waals surface area contributed by atoms with E-state index in [4.69, 9.17) is 18.9 Å². The molecule has 0 saturated heterocycles. The molecule has 88 heavy (non-hydrogen) atoms. The molecule has 16 heteroatoms. The van der Waals surface area contributed by atoms with Crippen molar-refractivity contribution in [1.82, 2.24) is 0 Å². The largest absolute Gasteiger partial charge is 0.465 e. The summed E-state index contributed by atoms with van der Waals surface area (Å²) in [4.78, 5) is 8.61. The number of rotatable bonds is 4. The molecule has 448 valence electrons. The third-order valence-electron chi connectivity index (χ3n) is 15.7. The van der Waals surface area contributed by atoms with E-state index in [9.17, 15) is 0 Å². The Morgan fingerprint density at radius 1 is 0.273 bits per heavy atom. The Kier molecular flexibility index (Phi) is 21.7. The lowest BCUT2D eigenvalue weighted by molar-refractivity contribution is 0.280. The van der Waals surface area contributed by atoms with E-state index in [0.29, 0.717) is 0 Å². The minimum absolute atomic E-state index is 0. The maximum Gasteiger partial charge on any atom is 0.192 e. The van der Waals surface area contributed by atoms with Crippen molar-refractivity contribution < 1.29 is 18.9 Å². The number of likely N-dealkylation sites (N-methyl/N-ethyl adjacent to an activating group) is 4. The zero-order valence-electron chi connectivity index (χ0n) is 48.8. The lowest BCUT2D eigenvalue weighted by atomic mass is 10.0. The van der Waals surface area contributed by atoms with Gasteiger partial charge < -0.3 is 59.8 Å². The second kappa shape index (κ2) is 29.5. The van der Waals surface area contributed by atoms with Crippen LogP contribution in [-0.2, 0) is 0 Å². The highest BCUT2D eigenvalue weighted by Gasteiger charge is 2.30. The fraction of sp³-hybridized carbons (Fsp3) is 0.111. The number of para-hydroxylation sites is 12. The predicted octanol–water partition coefficient (Wildman–Crippen LogP) is 17.9. The molecule has 0 fully saturated rings. The molecule has 0 amide bonds. The predicted molar refractivity (Wildman–Crippen MR) is 407 cm³/mol. The number of hydrogen-bond acceptors (Lipinski definition) is 12. The molecule has 0 radical (unpaired) electrons. The third kappa shape index (κ3) is 13.7. The summed E-state index contributed by atoms with van der Waals surface area (Å²) in [6.45, 7) is 0. The van der Waals surface area contributed by atoms with Gasteiger partial charge in [-0.25, -0.2) is 0 Å².